The molecule has 9 nitrogen and oxygen atoms in total. The number of amides is 2. The van der Waals surface area contributed by atoms with Crippen LogP contribution in [-0.2, 0) is 9.59 Å². The highest BCUT2D eigenvalue weighted by atomic mass is 16.3. The minimum Gasteiger partial charge on any atom is -0.393 e. The van der Waals surface area contributed by atoms with E-state index in [1.165, 1.54) is 24.5 Å². The van der Waals surface area contributed by atoms with E-state index in [0.717, 1.165) is 0 Å². The van der Waals surface area contributed by atoms with Crippen LogP contribution in [0.1, 0.15) is 5.56 Å². The van der Waals surface area contributed by atoms with Gasteiger partial charge in [0.15, 0.2) is 6.10 Å². The largest absolute Gasteiger partial charge is 0.393 e. The Kier molecular flexibility index (Phi) is 4.70. The second kappa shape index (κ2) is 6.69. The Labute approximate surface area is 130 Å². The number of hydrogen-bond acceptors (Lipinski definition) is 6. The molecular formula is C14H13N5O4. The number of nitrogens with two attached hydrogens (primary N) is 1. The molecule has 118 valence electrons. The quantitative estimate of drug-likeness (QED) is 0.359. The van der Waals surface area contributed by atoms with E-state index in [1.807, 2.05) is 0 Å². The van der Waals surface area contributed by atoms with Gasteiger partial charge in [-0.05, 0) is 12.1 Å². The summed E-state index contributed by atoms with van der Waals surface area (Å²) >= 11 is 0. The maximum absolute atomic E-state index is 11.7. The van der Waals surface area contributed by atoms with Crippen LogP contribution in [0.25, 0.3) is 17.1 Å². The Balaban J connectivity index is 2.52. The molecule has 1 unspecified atom stereocenters. The van der Waals surface area contributed by atoms with Gasteiger partial charge in [0.1, 0.15) is 17.3 Å². The smallest absolute Gasteiger partial charge is 0.259 e. The van der Waals surface area contributed by atoms with Gasteiger partial charge in [0, 0.05) is 23.3 Å². The van der Waals surface area contributed by atoms with Crippen LogP contribution in [0.4, 0.5) is 5.69 Å². The van der Waals surface area contributed by atoms with Crippen LogP contribution in [0.5, 0.6) is 0 Å². The second-order valence-corrected chi connectivity index (χ2v) is 4.55. The average molecular weight is 315 g/mol. The molecule has 0 aromatic carbocycles. The summed E-state index contributed by atoms with van der Waals surface area (Å²) in [5.74, 6) is -1.68. The highest BCUT2D eigenvalue weighted by molar-refractivity contribution is 6.07. The third-order valence-electron chi connectivity index (χ3n) is 3.02. The number of aromatic amines is 1. The van der Waals surface area contributed by atoms with Crippen molar-refractivity contribution in [3.05, 3.63) is 29.6 Å². The van der Waals surface area contributed by atoms with E-state index in [4.69, 9.17) is 16.1 Å². The number of pyridine rings is 1. The lowest BCUT2D eigenvalue weighted by Crippen LogP contribution is -2.30. The number of H-pyrrole nitrogens is 1. The highest BCUT2D eigenvalue weighted by Crippen LogP contribution is 2.27. The summed E-state index contributed by atoms with van der Waals surface area (Å²) in [6.07, 6.45) is 2.61. The number of nitrogens with one attached hydrogen (secondary N) is 2. The number of aliphatic hydroxyl groups excluding tert-OH is 2. The number of rotatable bonds is 5. The summed E-state index contributed by atoms with van der Waals surface area (Å²) in [6, 6.07) is 3.16. The van der Waals surface area contributed by atoms with Gasteiger partial charge in [-0.1, -0.05) is 0 Å². The van der Waals surface area contributed by atoms with Crippen molar-refractivity contribution in [3.8, 4) is 6.07 Å². The van der Waals surface area contributed by atoms with E-state index in [9.17, 15) is 14.7 Å². The molecule has 0 saturated heterocycles. The number of anilines is 1. The summed E-state index contributed by atoms with van der Waals surface area (Å²) in [5, 5.41) is 29.9. The predicted molar refractivity (Wildman–Crippen MR) is 80.6 cm³/mol. The van der Waals surface area contributed by atoms with E-state index < -0.39 is 24.5 Å². The normalized spacial score (nSPS) is 12.7. The number of primary amides is 1. The van der Waals surface area contributed by atoms with Crippen LogP contribution in [0.2, 0.25) is 0 Å². The molecule has 2 amide bonds. The third-order valence-corrected chi connectivity index (χ3v) is 3.02. The SMILES string of the molecule is N#CC(=Cc1c[nH]c2nccc(NC(=O)C(O)CO)c12)C(N)=O. The van der Waals surface area contributed by atoms with Crippen molar-refractivity contribution >= 4 is 34.6 Å². The van der Waals surface area contributed by atoms with Crippen molar-refractivity contribution < 1.29 is 19.8 Å². The lowest BCUT2D eigenvalue weighted by atomic mass is 10.1. The first-order valence-electron chi connectivity index (χ1n) is 6.45. The maximum Gasteiger partial charge on any atom is 0.259 e. The fraction of sp³-hybridized carbons (Fsp3) is 0.143. The first kappa shape index (κ1) is 16.2. The minimum atomic E-state index is -1.57. The van der Waals surface area contributed by atoms with Crippen molar-refractivity contribution in [1.29, 1.82) is 5.26 Å². The molecule has 0 aliphatic rings. The Morgan fingerprint density at radius 1 is 1.57 bits per heavy atom. The molecule has 2 rings (SSSR count). The number of aromatic nitrogens is 2. The predicted octanol–water partition coefficient (Wildman–Crippen LogP) is -0.753. The Hall–Kier alpha value is -3.22. The fourth-order valence-corrected chi connectivity index (χ4v) is 1.91. The number of carbonyl (C=O) groups is 2. The van der Waals surface area contributed by atoms with E-state index in [0.29, 0.717) is 22.3 Å². The summed E-state index contributed by atoms with van der Waals surface area (Å²) < 4.78 is 0. The second-order valence-electron chi connectivity index (χ2n) is 4.55. The van der Waals surface area contributed by atoms with Crippen LogP contribution in [0, 0.1) is 11.3 Å². The van der Waals surface area contributed by atoms with Crippen LogP contribution in [-0.4, -0.2) is 44.7 Å². The average Bonchev–Trinajstić information content (AvgIpc) is 2.95. The lowest BCUT2D eigenvalue weighted by Gasteiger charge is -2.10. The number of nitriles is 1. The molecule has 0 fully saturated rings. The maximum atomic E-state index is 11.7. The van der Waals surface area contributed by atoms with Crippen LogP contribution >= 0.6 is 0 Å². The van der Waals surface area contributed by atoms with Crippen molar-refractivity contribution in [2.45, 2.75) is 6.10 Å². The van der Waals surface area contributed by atoms with E-state index in [1.54, 1.807) is 6.07 Å². The molecule has 6 N–H and O–H groups in total. The minimum absolute atomic E-state index is 0.262. The molecule has 1 atom stereocenters. The zero-order valence-corrected chi connectivity index (χ0v) is 11.8. The number of fused-ring (bicyclic) bond motifs is 1. The monoisotopic (exact) mass is 315 g/mol. The molecule has 0 radical (unpaired) electrons. The van der Waals surface area contributed by atoms with Crippen LogP contribution < -0.4 is 11.1 Å². The van der Waals surface area contributed by atoms with Gasteiger partial charge in [0.25, 0.3) is 11.8 Å². The van der Waals surface area contributed by atoms with Crippen LogP contribution in [0.3, 0.4) is 0 Å². The molecule has 23 heavy (non-hydrogen) atoms. The molecule has 9 heteroatoms. The van der Waals surface area contributed by atoms with Gasteiger partial charge in [-0.2, -0.15) is 5.26 Å². The van der Waals surface area contributed by atoms with Gasteiger partial charge in [0.2, 0.25) is 0 Å². The molecule has 2 aromatic rings. The third kappa shape index (κ3) is 3.34. The van der Waals surface area contributed by atoms with Gasteiger partial charge in [-0.3, -0.25) is 9.59 Å². The molecule has 0 spiro atoms. The van der Waals surface area contributed by atoms with Crippen LogP contribution in [0.15, 0.2) is 24.0 Å². The summed E-state index contributed by atoms with van der Waals surface area (Å²) in [7, 11) is 0. The van der Waals surface area contributed by atoms with Gasteiger partial charge in [-0.15, -0.1) is 0 Å². The Bertz CT molecular complexity index is 833. The molecular weight excluding hydrogens is 302 g/mol. The van der Waals surface area contributed by atoms with E-state index in [2.05, 4.69) is 15.3 Å². The first-order chi connectivity index (χ1) is 11.0. The molecule has 2 heterocycles. The van der Waals surface area contributed by atoms with Gasteiger partial charge in [0.05, 0.1) is 12.3 Å². The lowest BCUT2D eigenvalue weighted by molar-refractivity contribution is -0.125. The number of aliphatic hydroxyl groups is 2. The molecule has 0 aliphatic carbocycles. The number of nitrogens with zero attached hydrogens (tertiary/aromatic N) is 2. The van der Waals surface area contributed by atoms with Crippen molar-refractivity contribution in [1.82, 2.24) is 9.97 Å². The Morgan fingerprint density at radius 3 is 2.91 bits per heavy atom. The van der Waals surface area contributed by atoms with Gasteiger partial charge < -0.3 is 26.2 Å². The number of carbonyl (C=O) groups excluding carboxylic acids is 2. The molecule has 2 aromatic heterocycles. The Morgan fingerprint density at radius 2 is 2.30 bits per heavy atom. The summed E-state index contributed by atoms with van der Waals surface area (Å²) in [6.45, 7) is -0.722. The first-order valence-corrected chi connectivity index (χ1v) is 6.45. The van der Waals surface area contributed by atoms with E-state index in [-0.39, 0.29) is 5.57 Å². The van der Waals surface area contributed by atoms with Crippen molar-refractivity contribution in [3.63, 3.8) is 0 Å². The zero-order chi connectivity index (χ0) is 17.0. The van der Waals surface area contributed by atoms with E-state index >= 15 is 0 Å². The molecule has 0 aliphatic heterocycles. The summed E-state index contributed by atoms with van der Waals surface area (Å²) in [4.78, 5) is 29.8. The standard InChI is InChI=1S/C14H13N5O4/c15-4-7(12(16)22)3-8-5-18-13-11(8)9(1-2-17-13)19-14(23)10(21)6-20/h1-3,5,10,20-21H,6H2,(H2,16,22)(H2,17,18,19,23). The van der Waals surface area contributed by atoms with Gasteiger partial charge >= 0.3 is 0 Å². The zero-order valence-electron chi connectivity index (χ0n) is 11.8. The molecule has 0 saturated carbocycles. The fourth-order valence-electron chi connectivity index (χ4n) is 1.91. The van der Waals surface area contributed by atoms with Gasteiger partial charge in [-0.25, -0.2) is 4.98 Å². The van der Waals surface area contributed by atoms with Crippen molar-refractivity contribution in [2.24, 2.45) is 5.73 Å². The summed E-state index contributed by atoms with van der Waals surface area (Å²) in [5.41, 5.74) is 5.94. The number of hydrogen-bond donors (Lipinski definition) is 5. The van der Waals surface area contributed by atoms with Crippen molar-refractivity contribution in [2.75, 3.05) is 11.9 Å². The molecule has 0 bridgehead atoms. The highest BCUT2D eigenvalue weighted by Gasteiger charge is 2.17. The topological polar surface area (TPSA) is 165 Å².